The molecule has 128 valence electrons. The minimum absolute atomic E-state index is 0.142. The predicted octanol–water partition coefficient (Wildman–Crippen LogP) is 3.57. The Morgan fingerprint density at radius 2 is 2.04 bits per heavy atom. The van der Waals surface area contributed by atoms with Gasteiger partial charge >= 0.3 is 6.36 Å². The zero-order valence-electron chi connectivity index (χ0n) is 12.4. The molecular formula is C15H12ClF3N2O3. The molecule has 1 aromatic heterocycles. The summed E-state index contributed by atoms with van der Waals surface area (Å²) >= 11 is 5.62. The summed E-state index contributed by atoms with van der Waals surface area (Å²) in [6, 6.07) is 6.82. The van der Waals surface area contributed by atoms with E-state index < -0.39 is 18.0 Å². The highest BCUT2D eigenvalue weighted by molar-refractivity contribution is 6.29. The number of carbonyl (C=O) groups is 1. The van der Waals surface area contributed by atoms with Gasteiger partial charge in [-0.2, -0.15) is 0 Å². The van der Waals surface area contributed by atoms with Crippen LogP contribution in [0.1, 0.15) is 15.9 Å². The Hall–Kier alpha value is -2.48. The molecule has 2 rings (SSSR count). The molecule has 0 spiro atoms. The molecule has 1 amide bonds. The van der Waals surface area contributed by atoms with E-state index in [1.165, 1.54) is 37.6 Å². The number of methoxy groups -OCH3 is 1. The van der Waals surface area contributed by atoms with Crippen LogP contribution < -0.4 is 14.8 Å². The van der Waals surface area contributed by atoms with E-state index >= 15 is 0 Å². The summed E-state index contributed by atoms with van der Waals surface area (Å²) in [5.74, 6) is -0.754. The van der Waals surface area contributed by atoms with Crippen molar-refractivity contribution in [3.05, 3.63) is 52.8 Å². The first-order valence-electron chi connectivity index (χ1n) is 6.61. The summed E-state index contributed by atoms with van der Waals surface area (Å²) in [6.45, 7) is -0.170. The Morgan fingerprint density at radius 3 is 2.62 bits per heavy atom. The van der Waals surface area contributed by atoms with Crippen LogP contribution in [0.15, 0.2) is 36.5 Å². The molecule has 2 aromatic rings. The molecule has 1 heterocycles. The van der Waals surface area contributed by atoms with Crippen molar-refractivity contribution >= 4 is 17.5 Å². The van der Waals surface area contributed by atoms with E-state index in [0.717, 1.165) is 6.07 Å². The van der Waals surface area contributed by atoms with Crippen LogP contribution >= 0.6 is 11.6 Å². The first kappa shape index (κ1) is 17.9. The number of ether oxygens (including phenoxy) is 2. The molecule has 0 atom stereocenters. The Labute approximate surface area is 140 Å². The quantitative estimate of drug-likeness (QED) is 0.828. The number of benzene rings is 1. The molecule has 0 saturated carbocycles. The highest BCUT2D eigenvalue weighted by Crippen LogP contribution is 2.30. The SMILES string of the molecule is COc1ccc(CNC(=O)c2ccc(Cl)nc2)c(OC(F)(F)F)c1. The van der Waals surface area contributed by atoms with Gasteiger partial charge in [0.2, 0.25) is 0 Å². The number of hydrogen-bond acceptors (Lipinski definition) is 4. The second-order valence-corrected chi connectivity index (χ2v) is 4.96. The fourth-order valence-electron chi connectivity index (χ4n) is 1.82. The van der Waals surface area contributed by atoms with E-state index in [2.05, 4.69) is 15.0 Å². The molecule has 24 heavy (non-hydrogen) atoms. The number of carbonyl (C=O) groups excluding carboxylic acids is 1. The van der Waals surface area contributed by atoms with Gasteiger partial charge in [0, 0.05) is 24.4 Å². The van der Waals surface area contributed by atoms with Crippen molar-refractivity contribution in [1.82, 2.24) is 10.3 Å². The second-order valence-electron chi connectivity index (χ2n) is 4.57. The van der Waals surface area contributed by atoms with E-state index in [4.69, 9.17) is 16.3 Å². The maximum atomic E-state index is 12.5. The maximum Gasteiger partial charge on any atom is 0.573 e. The predicted molar refractivity (Wildman–Crippen MR) is 80.1 cm³/mol. The molecule has 0 aliphatic rings. The van der Waals surface area contributed by atoms with E-state index in [1.54, 1.807) is 0 Å². The van der Waals surface area contributed by atoms with Crippen LogP contribution in [0.25, 0.3) is 0 Å². The number of alkyl halides is 3. The van der Waals surface area contributed by atoms with Gasteiger partial charge in [-0.25, -0.2) is 4.98 Å². The molecular weight excluding hydrogens is 349 g/mol. The zero-order chi connectivity index (χ0) is 17.7. The van der Waals surface area contributed by atoms with Crippen LogP contribution in [0.2, 0.25) is 5.15 Å². The third kappa shape index (κ3) is 5.02. The Balaban J connectivity index is 2.13. The number of nitrogens with zero attached hydrogens (tertiary/aromatic N) is 1. The summed E-state index contributed by atoms with van der Waals surface area (Å²) in [5.41, 5.74) is 0.370. The summed E-state index contributed by atoms with van der Waals surface area (Å²) in [4.78, 5) is 15.7. The second kappa shape index (κ2) is 7.39. The number of pyridine rings is 1. The van der Waals surface area contributed by atoms with Crippen molar-refractivity contribution in [1.29, 1.82) is 0 Å². The molecule has 0 radical (unpaired) electrons. The van der Waals surface area contributed by atoms with E-state index in [9.17, 15) is 18.0 Å². The van der Waals surface area contributed by atoms with Crippen molar-refractivity contribution < 1.29 is 27.4 Å². The van der Waals surface area contributed by atoms with Gasteiger partial charge in [-0.05, 0) is 24.3 Å². The van der Waals surface area contributed by atoms with Gasteiger partial charge in [-0.15, -0.1) is 13.2 Å². The largest absolute Gasteiger partial charge is 0.573 e. The Bertz CT molecular complexity index is 721. The van der Waals surface area contributed by atoms with Gasteiger partial charge in [-0.1, -0.05) is 11.6 Å². The number of amides is 1. The lowest BCUT2D eigenvalue weighted by molar-refractivity contribution is -0.274. The Kier molecular flexibility index (Phi) is 5.50. The lowest BCUT2D eigenvalue weighted by atomic mass is 10.2. The lowest BCUT2D eigenvalue weighted by Gasteiger charge is -2.15. The van der Waals surface area contributed by atoms with Gasteiger partial charge in [0.05, 0.1) is 12.7 Å². The summed E-state index contributed by atoms with van der Waals surface area (Å²) in [6.07, 6.45) is -3.59. The van der Waals surface area contributed by atoms with Gasteiger partial charge in [0.15, 0.2) is 0 Å². The fraction of sp³-hybridized carbons (Fsp3) is 0.200. The maximum absolute atomic E-state index is 12.5. The third-order valence-electron chi connectivity index (χ3n) is 2.93. The summed E-state index contributed by atoms with van der Waals surface area (Å²) < 4.78 is 46.3. The van der Waals surface area contributed by atoms with E-state index in [0.29, 0.717) is 0 Å². The zero-order valence-corrected chi connectivity index (χ0v) is 13.1. The van der Waals surface area contributed by atoms with Crippen molar-refractivity contribution in [3.63, 3.8) is 0 Å². The standard InChI is InChI=1S/C15H12ClF3N2O3/c1-23-11-4-2-9(12(6-11)24-15(17,18)19)7-21-14(22)10-3-5-13(16)20-8-10/h2-6,8H,7H2,1H3,(H,21,22). The topological polar surface area (TPSA) is 60.5 Å². The minimum atomic E-state index is -4.86. The van der Waals surface area contributed by atoms with Crippen LogP contribution in [0.3, 0.4) is 0 Å². The normalized spacial score (nSPS) is 11.0. The molecule has 0 saturated heterocycles. The van der Waals surface area contributed by atoms with E-state index in [-0.39, 0.29) is 28.6 Å². The van der Waals surface area contributed by atoms with E-state index in [1.807, 2.05) is 0 Å². The molecule has 0 unspecified atom stereocenters. The highest BCUT2D eigenvalue weighted by atomic mass is 35.5. The lowest BCUT2D eigenvalue weighted by Crippen LogP contribution is -2.24. The molecule has 0 bridgehead atoms. The molecule has 0 aliphatic heterocycles. The first-order chi connectivity index (χ1) is 11.3. The number of aromatic nitrogens is 1. The molecule has 0 fully saturated rings. The Morgan fingerprint density at radius 1 is 1.29 bits per heavy atom. The monoisotopic (exact) mass is 360 g/mol. The van der Waals surface area contributed by atoms with Crippen molar-refractivity contribution in [2.75, 3.05) is 7.11 Å². The van der Waals surface area contributed by atoms with Crippen LogP contribution in [0, 0.1) is 0 Å². The van der Waals surface area contributed by atoms with Crippen LogP contribution in [0.5, 0.6) is 11.5 Å². The van der Waals surface area contributed by atoms with Crippen LogP contribution in [-0.2, 0) is 6.54 Å². The number of halogens is 4. The van der Waals surface area contributed by atoms with Crippen molar-refractivity contribution in [3.8, 4) is 11.5 Å². The molecule has 1 N–H and O–H groups in total. The van der Waals surface area contributed by atoms with Crippen molar-refractivity contribution in [2.24, 2.45) is 0 Å². The van der Waals surface area contributed by atoms with Gasteiger partial charge in [-0.3, -0.25) is 4.79 Å². The average Bonchev–Trinajstić information content (AvgIpc) is 2.52. The van der Waals surface area contributed by atoms with Crippen LogP contribution in [-0.4, -0.2) is 24.4 Å². The number of rotatable bonds is 5. The number of hydrogen-bond donors (Lipinski definition) is 1. The van der Waals surface area contributed by atoms with Gasteiger partial charge in [0.25, 0.3) is 5.91 Å². The minimum Gasteiger partial charge on any atom is -0.497 e. The average molecular weight is 361 g/mol. The first-order valence-corrected chi connectivity index (χ1v) is 6.98. The molecule has 9 heteroatoms. The number of nitrogens with one attached hydrogen (secondary N) is 1. The van der Waals surface area contributed by atoms with Crippen molar-refractivity contribution in [2.45, 2.75) is 12.9 Å². The fourth-order valence-corrected chi connectivity index (χ4v) is 1.93. The summed E-state index contributed by atoms with van der Waals surface area (Å²) in [5, 5.41) is 2.71. The molecule has 1 aromatic carbocycles. The molecule has 5 nitrogen and oxygen atoms in total. The molecule has 0 aliphatic carbocycles. The van der Waals surface area contributed by atoms with Gasteiger partial charge < -0.3 is 14.8 Å². The smallest absolute Gasteiger partial charge is 0.497 e. The summed E-state index contributed by atoms with van der Waals surface area (Å²) in [7, 11) is 1.32. The van der Waals surface area contributed by atoms with Crippen LogP contribution in [0.4, 0.5) is 13.2 Å². The third-order valence-corrected chi connectivity index (χ3v) is 3.15. The highest BCUT2D eigenvalue weighted by Gasteiger charge is 2.32. The van der Waals surface area contributed by atoms with Gasteiger partial charge in [0.1, 0.15) is 16.7 Å².